The van der Waals surface area contributed by atoms with Crippen LogP contribution >= 0.6 is 0 Å². The Labute approximate surface area is 222 Å². The molecule has 6 nitrogen and oxygen atoms in total. The van der Waals surface area contributed by atoms with E-state index in [1.165, 1.54) is 7.11 Å². The van der Waals surface area contributed by atoms with E-state index in [2.05, 4.69) is 5.32 Å². The Morgan fingerprint density at radius 2 is 1.42 bits per heavy atom. The summed E-state index contributed by atoms with van der Waals surface area (Å²) >= 11 is 0. The zero-order valence-electron chi connectivity index (χ0n) is 21.7. The number of hydrogen-bond donors (Lipinski definition) is 1. The van der Waals surface area contributed by atoms with Gasteiger partial charge in [-0.2, -0.15) is 0 Å². The number of benzene rings is 4. The Morgan fingerprint density at radius 3 is 2.05 bits per heavy atom. The largest absolute Gasteiger partial charge is 0.467 e. The number of methoxy groups -OCH3 is 1. The van der Waals surface area contributed by atoms with Crippen molar-refractivity contribution in [3.63, 3.8) is 0 Å². The number of carbonyl (C=O) groups excluding carboxylic acids is 2. The van der Waals surface area contributed by atoms with Gasteiger partial charge < -0.3 is 19.7 Å². The molecule has 0 aromatic heterocycles. The third kappa shape index (κ3) is 5.25. The maximum absolute atomic E-state index is 13.2. The minimum absolute atomic E-state index is 0.0483. The average molecular weight is 507 g/mol. The van der Waals surface area contributed by atoms with Gasteiger partial charge in [-0.3, -0.25) is 4.79 Å². The summed E-state index contributed by atoms with van der Waals surface area (Å²) in [4.78, 5) is 27.2. The van der Waals surface area contributed by atoms with Crippen LogP contribution in [0.25, 0.3) is 11.1 Å². The molecule has 0 bridgehead atoms. The third-order valence-electron chi connectivity index (χ3n) is 6.69. The summed E-state index contributed by atoms with van der Waals surface area (Å²) in [6.07, 6.45) is 0. The summed E-state index contributed by atoms with van der Waals surface area (Å²) in [5, 5.41) is 3.41. The minimum Gasteiger partial charge on any atom is -0.467 e. The van der Waals surface area contributed by atoms with Crippen LogP contribution in [-0.4, -0.2) is 29.9 Å². The monoisotopic (exact) mass is 506 g/mol. The number of esters is 1. The van der Waals surface area contributed by atoms with Crippen LogP contribution in [0.3, 0.4) is 0 Å². The van der Waals surface area contributed by atoms with Crippen molar-refractivity contribution >= 4 is 23.3 Å². The fourth-order valence-corrected chi connectivity index (χ4v) is 4.75. The SMILES string of the molecule is COC(=O)C(C(C)C)N1Cc2ccc(-c3ccc(Nc4ccc(Oc5ccccc5)cc4)cc3)cc2C1=O. The molecule has 1 atom stereocenters. The molecule has 38 heavy (non-hydrogen) atoms. The molecular formula is C32H30N2O4. The third-order valence-corrected chi connectivity index (χ3v) is 6.69. The Morgan fingerprint density at radius 1 is 0.816 bits per heavy atom. The second-order valence-corrected chi connectivity index (χ2v) is 9.66. The predicted octanol–water partition coefficient (Wildman–Crippen LogP) is 7.04. The number of para-hydroxylation sites is 1. The Hall–Kier alpha value is -4.58. The van der Waals surface area contributed by atoms with Crippen molar-refractivity contribution < 1.29 is 19.1 Å². The molecule has 0 aliphatic carbocycles. The van der Waals surface area contributed by atoms with E-state index in [-0.39, 0.29) is 17.8 Å². The Bertz CT molecular complexity index is 1430. The summed E-state index contributed by atoms with van der Waals surface area (Å²) in [7, 11) is 1.36. The lowest BCUT2D eigenvalue weighted by Crippen LogP contribution is -2.45. The maximum atomic E-state index is 13.2. The molecule has 1 heterocycles. The summed E-state index contributed by atoms with van der Waals surface area (Å²) in [6, 6.07) is 30.9. The van der Waals surface area contributed by atoms with Gasteiger partial charge in [0.15, 0.2) is 0 Å². The van der Waals surface area contributed by atoms with Crippen LogP contribution < -0.4 is 10.1 Å². The lowest BCUT2D eigenvalue weighted by atomic mass is 10.00. The molecule has 0 saturated carbocycles. The molecule has 0 fully saturated rings. The highest BCUT2D eigenvalue weighted by atomic mass is 16.5. The minimum atomic E-state index is -0.604. The van der Waals surface area contributed by atoms with Crippen LogP contribution in [0.2, 0.25) is 0 Å². The molecule has 192 valence electrons. The molecule has 1 amide bonds. The highest BCUT2D eigenvalue weighted by molar-refractivity contribution is 6.01. The van der Waals surface area contributed by atoms with Gasteiger partial charge in [-0.05, 0) is 77.2 Å². The van der Waals surface area contributed by atoms with E-state index in [9.17, 15) is 9.59 Å². The number of nitrogens with zero attached hydrogens (tertiary/aromatic N) is 1. The lowest BCUT2D eigenvalue weighted by molar-refractivity contribution is -0.147. The number of carbonyl (C=O) groups is 2. The van der Waals surface area contributed by atoms with Crippen molar-refractivity contribution in [3.8, 4) is 22.6 Å². The molecule has 0 radical (unpaired) electrons. The van der Waals surface area contributed by atoms with Gasteiger partial charge in [-0.25, -0.2) is 4.79 Å². The summed E-state index contributed by atoms with van der Waals surface area (Å²) in [6.45, 7) is 4.25. The average Bonchev–Trinajstić information content (AvgIpc) is 3.25. The molecule has 6 heteroatoms. The van der Waals surface area contributed by atoms with Crippen LogP contribution in [-0.2, 0) is 16.1 Å². The second-order valence-electron chi connectivity index (χ2n) is 9.66. The summed E-state index contributed by atoms with van der Waals surface area (Å²) in [5.41, 5.74) is 5.42. The number of rotatable bonds is 8. The van der Waals surface area contributed by atoms with E-state index in [1.807, 2.05) is 111 Å². The van der Waals surface area contributed by atoms with Crippen molar-refractivity contribution in [2.24, 2.45) is 5.92 Å². The standard InChI is InChI=1S/C32H30N2O4/c1-21(2)30(32(36)37-3)34-20-24-10-9-23(19-29(24)31(34)35)22-11-13-25(14-12-22)33-26-15-17-28(18-16-26)38-27-7-5-4-6-8-27/h4-19,21,30,33H,20H2,1-3H3. The van der Waals surface area contributed by atoms with Crippen molar-refractivity contribution in [2.45, 2.75) is 26.4 Å². The van der Waals surface area contributed by atoms with E-state index < -0.39 is 6.04 Å². The maximum Gasteiger partial charge on any atom is 0.328 e. The second kappa shape index (κ2) is 10.8. The molecular weight excluding hydrogens is 476 g/mol. The first-order valence-corrected chi connectivity index (χ1v) is 12.6. The first kappa shape index (κ1) is 25.1. The number of fused-ring (bicyclic) bond motifs is 1. The van der Waals surface area contributed by atoms with E-state index in [4.69, 9.17) is 9.47 Å². The zero-order valence-corrected chi connectivity index (χ0v) is 21.7. The van der Waals surface area contributed by atoms with E-state index in [1.54, 1.807) is 4.90 Å². The number of nitrogens with one attached hydrogen (secondary N) is 1. The van der Waals surface area contributed by atoms with Crippen LogP contribution in [0.1, 0.15) is 29.8 Å². The molecule has 5 rings (SSSR count). The highest BCUT2D eigenvalue weighted by Gasteiger charge is 2.38. The van der Waals surface area contributed by atoms with Gasteiger partial charge in [-0.15, -0.1) is 0 Å². The number of anilines is 2. The Balaban J connectivity index is 1.27. The molecule has 1 aliphatic heterocycles. The van der Waals surface area contributed by atoms with Gasteiger partial charge in [-0.1, -0.05) is 56.3 Å². The zero-order chi connectivity index (χ0) is 26.6. The predicted molar refractivity (Wildman–Crippen MR) is 149 cm³/mol. The Kier molecular flexibility index (Phi) is 7.13. The topological polar surface area (TPSA) is 67.9 Å². The van der Waals surface area contributed by atoms with Gasteiger partial charge in [0, 0.05) is 23.5 Å². The first-order chi connectivity index (χ1) is 18.4. The smallest absolute Gasteiger partial charge is 0.328 e. The van der Waals surface area contributed by atoms with Gasteiger partial charge in [0.2, 0.25) is 0 Å². The fraction of sp³-hybridized carbons (Fsp3) is 0.188. The van der Waals surface area contributed by atoms with Crippen molar-refractivity contribution in [3.05, 3.63) is 108 Å². The number of ether oxygens (including phenoxy) is 2. The van der Waals surface area contributed by atoms with Crippen molar-refractivity contribution in [2.75, 3.05) is 12.4 Å². The quantitative estimate of drug-likeness (QED) is 0.260. The first-order valence-electron chi connectivity index (χ1n) is 12.6. The molecule has 0 spiro atoms. The van der Waals surface area contributed by atoms with E-state index >= 15 is 0 Å². The van der Waals surface area contributed by atoms with E-state index in [0.29, 0.717) is 12.1 Å². The molecule has 4 aromatic rings. The van der Waals surface area contributed by atoms with Gasteiger partial charge in [0.25, 0.3) is 5.91 Å². The normalized spacial score (nSPS) is 13.3. The lowest BCUT2D eigenvalue weighted by Gasteiger charge is -2.28. The van der Waals surface area contributed by atoms with Gasteiger partial charge in [0.05, 0.1) is 7.11 Å². The van der Waals surface area contributed by atoms with Crippen LogP contribution in [0, 0.1) is 5.92 Å². The summed E-state index contributed by atoms with van der Waals surface area (Å²) in [5.74, 6) is 1.00. The molecule has 0 saturated heterocycles. The van der Waals surface area contributed by atoms with Gasteiger partial charge >= 0.3 is 5.97 Å². The molecule has 1 aliphatic rings. The van der Waals surface area contributed by atoms with Crippen LogP contribution in [0.4, 0.5) is 11.4 Å². The van der Waals surface area contributed by atoms with Crippen molar-refractivity contribution in [1.29, 1.82) is 0 Å². The van der Waals surface area contributed by atoms with Gasteiger partial charge in [0.1, 0.15) is 17.5 Å². The molecule has 4 aromatic carbocycles. The van der Waals surface area contributed by atoms with E-state index in [0.717, 1.165) is 39.6 Å². The molecule has 1 N–H and O–H groups in total. The number of hydrogen-bond acceptors (Lipinski definition) is 5. The van der Waals surface area contributed by atoms with Crippen LogP contribution in [0.5, 0.6) is 11.5 Å². The molecule has 1 unspecified atom stereocenters. The van der Waals surface area contributed by atoms with Crippen molar-refractivity contribution in [1.82, 2.24) is 4.90 Å². The fourth-order valence-electron chi connectivity index (χ4n) is 4.75. The summed E-state index contributed by atoms with van der Waals surface area (Å²) < 4.78 is 10.8. The van der Waals surface area contributed by atoms with Crippen LogP contribution in [0.15, 0.2) is 97.1 Å². The number of amides is 1. The highest BCUT2D eigenvalue weighted by Crippen LogP contribution is 2.32.